The number of rotatable bonds is 3. The van der Waals surface area contributed by atoms with Crippen molar-refractivity contribution in [2.45, 2.75) is 45.1 Å². The number of carbonyl (C=O) groups excluding carboxylic acids is 1. The van der Waals surface area contributed by atoms with Crippen LogP contribution in [-0.4, -0.2) is 47.5 Å². The highest BCUT2D eigenvalue weighted by Gasteiger charge is 2.49. The third-order valence-corrected chi connectivity index (χ3v) is 5.22. The molecule has 2 bridgehead atoms. The van der Waals surface area contributed by atoms with Crippen LogP contribution in [0.2, 0.25) is 0 Å². The van der Waals surface area contributed by atoms with Crippen molar-refractivity contribution in [1.82, 2.24) is 4.90 Å². The van der Waals surface area contributed by atoms with Crippen LogP contribution in [0.3, 0.4) is 0 Å². The number of ether oxygens (including phenoxy) is 1. The van der Waals surface area contributed by atoms with Crippen LogP contribution in [0.1, 0.15) is 39.0 Å². The first-order chi connectivity index (χ1) is 9.74. The van der Waals surface area contributed by atoms with Gasteiger partial charge < -0.3 is 9.94 Å². The molecule has 3 aliphatic rings. The summed E-state index contributed by atoms with van der Waals surface area (Å²) in [5.74, 6) is 1.01. The summed E-state index contributed by atoms with van der Waals surface area (Å²) in [6, 6.07) is 0.260. The van der Waals surface area contributed by atoms with Crippen molar-refractivity contribution in [2.24, 2.45) is 22.9 Å². The summed E-state index contributed by atoms with van der Waals surface area (Å²) in [7, 11) is 0. The summed E-state index contributed by atoms with van der Waals surface area (Å²) in [5, 5.41) is 12.9. The molecule has 3 fully saturated rings. The first-order valence-electron chi connectivity index (χ1n) is 7.87. The lowest BCUT2D eigenvalue weighted by molar-refractivity contribution is -0.150. The zero-order valence-corrected chi connectivity index (χ0v) is 12.1. The van der Waals surface area contributed by atoms with E-state index in [2.05, 4.69) is 10.1 Å². The molecule has 2 aliphatic carbocycles. The molecule has 0 aromatic heterocycles. The quantitative estimate of drug-likeness (QED) is 0.487. The average Bonchev–Trinajstić information content (AvgIpc) is 3.08. The minimum Gasteiger partial charge on any atom is -0.466 e. The first kappa shape index (κ1) is 13.9. The van der Waals surface area contributed by atoms with Crippen LogP contribution in [0.5, 0.6) is 0 Å². The van der Waals surface area contributed by atoms with E-state index in [1.807, 2.05) is 6.92 Å². The topological polar surface area (TPSA) is 62.1 Å². The van der Waals surface area contributed by atoms with Gasteiger partial charge in [-0.1, -0.05) is 5.16 Å². The molecule has 4 atom stereocenters. The summed E-state index contributed by atoms with van der Waals surface area (Å²) in [4.78, 5) is 14.3. The molecule has 112 valence electrons. The summed E-state index contributed by atoms with van der Waals surface area (Å²) in [5.41, 5.74) is 0.964. The lowest BCUT2D eigenvalue weighted by Gasteiger charge is -2.39. The highest BCUT2D eigenvalue weighted by Crippen LogP contribution is 2.45. The Kier molecular flexibility index (Phi) is 3.96. The van der Waals surface area contributed by atoms with Crippen LogP contribution in [0.15, 0.2) is 5.16 Å². The Labute approximate surface area is 120 Å². The van der Waals surface area contributed by atoms with E-state index in [9.17, 15) is 10.0 Å². The summed E-state index contributed by atoms with van der Waals surface area (Å²) in [6.07, 6.45) is 5.49. The monoisotopic (exact) mass is 280 g/mol. The van der Waals surface area contributed by atoms with Crippen molar-refractivity contribution in [3.63, 3.8) is 0 Å². The highest BCUT2D eigenvalue weighted by atomic mass is 16.5. The Balaban J connectivity index is 1.69. The van der Waals surface area contributed by atoms with Crippen molar-refractivity contribution in [3.8, 4) is 0 Å². The van der Waals surface area contributed by atoms with E-state index in [1.165, 1.54) is 6.42 Å². The molecule has 1 saturated heterocycles. The number of likely N-dealkylation sites (tertiary alicyclic amines) is 1. The van der Waals surface area contributed by atoms with Crippen molar-refractivity contribution in [3.05, 3.63) is 0 Å². The predicted molar refractivity (Wildman–Crippen MR) is 74.8 cm³/mol. The fourth-order valence-corrected chi connectivity index (χ4v) is 4.39. The fraction of sp³-hybridized carbons (Fsp3) is 0.867. The second-order valence-electron chi connectivity index (χ2n) is 6.33. The molecule has 2 saturated carbocycles. The Hall–Kier alpha value is -1.10. The van der Waals surface area contributed by atoms with Crippen molar-refractivity contribution in [1.29, 1.82) is 0 Å². The van der Waals surface area contributed by atoms with Crippen LogP contribution in [0.4, 0.5) is 0 Å². The normalized spacial score (nSPS) is 39.4. The maximum Gasteiger partial charge on any atom is 0.310 e. The van der Waals surface area contributed by atoms with E-state index >= 15 is 0 Å². The van der Waals surface area contributed by atoms with Gasteiger partial charge in [-0.05, 0) is 51.5 Å². The largest absolute Gasteiger partial charge is 0.466 e. The molecule has 0 radical (unpaired) electrons. The van der Waals surface area contributed by atoms with Gasteiger partial charge >= 0.3 is 5.97 Å². The molecule has 0 spiro atoms. The Morgan fingerprint density at radius 1 is 1.45 bits per heavy atom. The maximum atomic E-state index is 11.9. The van der Waals surface area contributed by atoms with Crippen molar-refractivity contribution < 1.29 is 14.7 Å². The van der Waals surface area contributed by atoms with E-state index in [4.69, 9.17) is 4.74 Å². The lowest BCUT2D eigenvalue weighted by atomic mass is 9.88. The molecule has 1 N–H and O–H groups in total. The van der Waals surface area contributed by atoms with Crippen LogP contribution in [0, 0.1) is 17.8 Å². The molecule has 1 aliphatic heterocycles. The molecule has 1 heterocycles. The molecule has 20 heavy (non-hydrogen) atoms. The second kappa shape index (κ2) is 5.72. The van der Waals surface area contributed by atoms with Crippen molar-refractivity contribution in [2.75, 3.05) is 19.7 Å². The number of fused-ring (bicyclic) bond motifs is 2. The van der Waals surface area contributed by atoms with E-state index in [-0.39, 0.29) is 17.9 Å². The van der Waals surface area contributed by atoms with Gasteiger partial charge in [-0.25, -0.2) is 0 Å². The lowest BCUT2D eigenvalue weighted by Crippen LogP contribution is -2.50. The van der Waals surface area contributed by atoms with Gasteiger partial charge in [0.1, 0.15) is 0 Å². The number of carbonyl (C=O) groups is 1. The minimum absolute atomic E-state index is 0.0113. The number of hydrogen-bond donors (Lipinski definition) is 1. The summed E-state index contributed by atoms with van der Waals surface area (Å²) in [6.45, 7) is 4.06. The number of hydrogen-bond acceptors (Lipinski definition) is 5. The zero-order chi connectivity index (χ0) is 14.1. The molecule has 5 nitrogen and oxygen atoms in total. The van der Waals surface area contributed by atoms with Gasteiger partial charge in [0.05, 0.1) is 24.3 Å². The molecular weight excluding hydrogens is 256 g/mol. The highest BCUT2D eigenvalue weighted by molar-refractivity contribution is 5.94. The maximum absolute atomic E-state index is 11.9. The van der Waals surface area contributed by atoms with E-state index in [0.717, 1.165) is 44.5 Å². The Morgan fingerprint density at radius 2 is 2.30 bits per heavy atom. The van der Waals surface area contributed by atoms with E-state index in [0.29, 0.717) is 18.4 Å². The van der Waals surface area contributed by atoms with Gasteiger partial charge in [0.2, 0.25) is 0 Å². The molecule has 3 rings (SSSR count). The second-order valence-corrected chi connectivity index (χ2v) is 6.33. The van der Waals surface area contributed by atoms with Gasteiger partial charge in [0, 0.05) is 12.5 Å². The molecule has 0 unspecified atom stereocenters. The molecule has 0 amide bonds. The van der Waals surface area contributed by atoms with Crippen LogP contribution < -0.4 is 0 Å². The SMILES string of the molecule is CCOC(=O)[C@H]1CCCN([C@@H]2/C(=N\O)[C@H]3CC[C@H]2C3)C1. The van der Waals surface area contributed by atoms with Gasteiger partial charge in [-0.2, -0.15) is 0 Å². The number of piperidine rings is 1. The van der Waals surface area contributed by atoms with E-state index in [1.54, 1.807) is 0 Å². The van der Waals surface area contributed by atoms with Gasteiger partial charge in [-0.15, -0.1) is 0 Å². The average molecular weight is 280 g/mol. The minimum atomic E-state index is -0.0668. The molecule has 0 aromatic carbocycles. The molecule has 0 aromatic rings. The summed E-state index contributed by atoms with van der Waals surface area (Å²) < 4.78 is 5.16. The number of esters is 1. The van der Waals surface area contributed by atoms with Gasteiger partial charge in [0.15, 0.2) is 0 Å². The van der Waals surface area contributed by atoms with Crippen LogP contribution in [0.25, 0.3) is 0 Å². The van der Waals surface area contributed by atoms with Crippen molar-refractivity contribution >= 4 is 11.7 Å². The molecular formula is C15H24N2O3. The van der Waals surface area contributed by atoms with Gasteiger partial charge in [0.25, 0.3) is 0 Å². The zero-order valence-electron chi connectivity index (χ0n) is 12.1. The first-order valence-corrected chi connectivity index (χ1v) is 7.87. The van der Waals surface area contributed by atoms with Gasteiger partial charge in [-0.3, -0.25) is 9.69 Å². The molecule has 5 heteroatoms. The summed E-state index contributed by atoms with van der Waals surface area (Å²) >= 11 is 0. The Morgan fingerprint density at radius 3 is 3.05 bits per heavy atom. The van der Waals surface area contributed by atoms with Crippen LogP contribution in [-0.2, 0) is 9.53 Å². The number of oxime groups is 1. The third-order valence-electron chi connectivity index (χ3n) is 5.22. The van der Waals surface area contributed by atoms with Crippen LogP contribution >= 0.6 is 0 Å². The van der Waals surface area contributed by atoms with E-state index < -0.39 is 0 Å². The third kappa shape index (κ3) is 2.32. The Bertz CT molecular complexity index is 410. The fourth-order valence-electron chi connectivity index (χ4n) is 4.39. The standard InChI is InChI=1S/C15H24N2O3/c1-2-20-15(18)12-4-3-7-17(9-12)14-11-6-5-10(8-11)13(14)16-19/h10-12,14,19H,2-9H2,1H3/b16-13-/t10-,11-,12-,14-/m0/s1. The smallest absolute Gasteiger partial charge is 0.310 e. The number of nitrogens with zero attached hydrogens (tertiary/aromatic N) is 2. The predicted octanol–water partition coefficient (Wildman–Crippen LogP) is 1.89.